The Morgan fingerprint density at radius 3 is 1.16 bits per heavy atom. The lowest BCUT2D eigenvalue weighted by atomic mass is 9.99. The summed E-state index contributed by atoms with van der Waals surface area (Å²) in [5, 5.41) is 17.0. The van der Waals surface area contributed by atoms with Crippen LogP contribution in [-0.2, 0) is 77.0 Å². The number of nitrogens with one attached hydrogen (secondary N) is 6. The van der Waals surface area contributed by atoms with Crippen LogP contribution in [-0.4, -0.2) is 84.0 Å². The molecule has 91 heavy (non-hydrogen) atoms. The van der Waals surface area contributed by atoms with Gasteiger partial charge in [-0.1, -0.05) is 122 Å². The van der Waals surface area contributed by atoms with Crippen molar-refractivity contribution in [3.8, 4) is 0 Å². The molecular formula is C70H79N13O8. The third-order valence-electron chi connectivity index (χ3n) is 15.6. The summed E-state index contributed by atoms with van der Waals surface area (Å²) in [7, 11) is 0. The van der Waals surface area contributed by atoms with E-state index >= 15 is 0 Å². The van der Waals surface area contributed by atoms with Gasteiger partial charge in [-0.2, -0.15) is 0 Å². The van der Waals surface area contributed by atoms with Gasteiger partial charge >= 0.3 is 0 Å². The maximum atomic E-state index is 15.0. The molecule has 0 aliphatic carbocycles. The smallest absolute Gasteiger partial charge is 0.243 e. The normalized spacial score (nSPS) is 13.6. The van der Waals surface area contributed by atoms with Crippen molar-refractivity contribution in [2.24, 2.45) is 5.73 Å². The van der Waals surface area contributed by atoms with Crippen LogP contribution in [0.25, 0.3) is 12.2 Å². The molecular weight excluding hydrogens is 1150 g/mol. The van der Waals surface area contributed by atoms with Gasteiger partial charge in [0.2, 0.25) is 47.3 Å². The molecule has 21 heteroatoms. The van der Waals surface area contributed by atoms with Crippen LogP contribution >= 0.6 is 0 Å². The van der Waals surface area contributed by atoms with Crippen LogP contribution in [0.5, 0.6) is 0 Å². The number of amides is 8. The number of nitrogens with two attached hydrogens (primary N) is 6. The highest BCUT2D eigenvalue weighted by atomic mass is 16.2. The quantitative estimate of drug-likeness (QED) is 0.0212. The Labute approximate surface area is 529 Å². The summed E-state index contributed by atoms with van der Waals surface area (Å²) in [4.78, 5) is 114. The molecule has 472 valence electrons. The number of hydrogen-bond acceptors (Lipinski definition) is 13. The number of unbranched alkanes of at least 4 members (excludes halogenated alkanes) is 2. The van der Waals surface area contributed by atoms with E-state index in [1.165, 1.54) is 0 Å². The fourth-order valence-electron chi connectivity index (χ4n) is 10.5. The number of anilines is 6. The highest BCUT2D eigenvalue weighted by Crippen LogP contribution is 2.30. The molecule has 0 radical (unpaired) electrons. The fraction of sp³-hybridized carbons (Fsp3) is 0.257. The molecule has 0 spiro atoms. The summed E-state index contributed by atoms with van der Waals surface area (Å²) in [6, 6.07) is 42.6. The predicted molar refractivity (Wildman–Crippen MR) is 355 cm³/mol. The first-order chi connectivity index (χ1) is 43.8. The van der Waals surface area contributed by atoms with E-state index in [1.54, 1.807) is 126 Å². The minimum absolute atomic E-state index is 0.00183. The Morgan fingerprint density at radius 2 is 0.736 bits per heavy atom. The van der Waals surface area contributed by atoms with E-state index < -0.39 is 65.7 Å². The second-order valence-corrected chi connectivity index (χ2v) is 22.7. The number of para-hydroxylation sites is 1. The molecule has 7 aromatic rings. The molecule has 21 nitrogen and oxygen atoms in total. The first-order valence-corrected chi connectivity index (χ1v) is 30.3. The van der Waals surface area contributed by atoms with E-state index in [0.717, 1.165) is 22.4 Å². The van der Waals surface area contributed by atoms with Gasteiger partial charge in [0.1, 0.15) is 30.2 Å². The molecule has 0 aromatic heterocycles. The minimum Gasteiger partial charge on any atom is -0.399 e. The predicted octanol–water partition coefficient (Wildman–Crippen LogP) is 5.19. The van der Waals surface area contributed by atoms with Gasteiger partial charge in [0.25, 0.3) is 0 Å². The van der Waals surface area contributed by atoms with Gasteiger partial charge in [0.05, 0.1) is 12.2 Å². The number of carbonyl (C=O) groups is 8. The number of nitrogen functional groups attached to an aromatic ring is 5. The molecule has 5 atom stereocenters. The number of benzene rings is 7. The van der Waals surface area contributed by atoms with Crippen LogP contribution in [0.15, 0.2) is 170 Å². The van der Waals surface area contributed by atoms with Crippen LogP contribution in [0, 0.1) is 0 Å². The maximum Gasteiger partial charge on any atom is 0.243 e. The molecule has 0 fully saturated rings. The Hall–Kier alpha value is -11.0. The summed E-state index contributed by atoms with van der Waals surface area (Å²) < 4.78 is 0. The van der Waals surface area contributed by atoms with Crippen molar-refractivity contribution in [2.45, 2.75) is 107 Å². The number of rotatable bonds is 29. The zero-order valence-electron chi connectivity index (χ0n) is 50.6. The molecule has 1 heterocycles. The van der Waals surface area contributed by atoms with Crippen LogP contribution in [0.2, 0.25) is 0 Å². The second-order valence-electron chi connectivity index (χ2n) is 22.7. The molecule has 8 rings (SSSR count). The van der Waals surface area contributed by atoms with E-state index in [9.17, 15) is 38.4 Å². The zero-order valence-corrected chi connectivity index (χ0v) is 50.6. The highest BCUT2D eigenvalue weighted by molar-refractivity contribution is 5.99. The van der Waals surface area contributed by atoms with E-state index in [-0.39, 0.29) is 63.2 Å². The van der Waals surface area contributed by atoms with Gasteiger partial charge in [-0.25, -0.2) is 0 Å². The van der Waals surface area contributed by atoms with Gasteiger partial charge in [-0.05, 0) is 124 Å². The third kappa shape index (κ3) is 20.3. The van der Waals surface area contributed by atoms with E-state index in [4.69, 9.17) is 34.4 Å². The first-order valence-electron chi connectivity index (χ1n) is 30.3. The monoisotopic (exact) mass is 1230 g/mol. The van der Waals surface area contributed by atoms with Crippen molar-refractivity contribution in [3.63, 3.8) is 0 Å². The SMILES string of the molecule is NC(=O)C(Cc1ccc(N)cc1)NC(=O)C(Cc1ccc(N)cc1)NC(=O)C(Cc1ccc(N)cc1)NC(=O)C(Cc1ccc(N)cc1)NC(=O)C(Cc1ccc(N)cc1)NC(=O)CCCCCNC(=O)CCC(=O)N1Cc2ccccc2/C=C\c2ccccc21. The lowest BCUT2D eigenvalue weighted by Gasteiger charge is -2.27. The molecule has 0 bridgehead atoms. The Balaban J connectivity index is 0.929. The molecule has 8 amide bonds. The van der Waals surface area contributed by atoms with E-state index in [0.29, 0.717) is 88.6 Å². The largest absolute Gasteiger partial charge is 0.399 e. The third-order valence-corrected chi connectivity index (χ3v) is 15.6. The van der Waals surface area contributed by atoms with Crippen LogP contribution in [0.4, 0.5) is 34.1 Å². The summed E-state index contributed by atoms with van der Waals surface area (Å²) in [6.07, 6.45) is 5.35. The first kappa shape index (κ1) is 66.0. The van der Waals surface area contributed by atoms with Crippen LogP contribution in [0.3, 0.4) is 0 Å². The fourth-order valence-corrected chi connectivity index (χ4v) is 10.5. The van der Waals surface area contributed by atoms with E-state index in [2.05, 4.69) is 31.9 Å². The average Bonchev–Trinajstić information content (AvgIpc) is 0.948. The highest BCUT2D eigenvalue weighted by Gasteiger charge is 2.34. The molecule has 1 aliphatic heterocycles. The van der Waals surface area contributed by atoms with Gasteiger partial charge < -0.3 is 71.2 Å². The zero-order chi connectivity index (χ0) is 64.8. The number of hydrogen-bond donors (Lipinski definition) is 12. The van der Waals surface area contributed by atoms with Gasteiger partial charge in [0.15, 0.2) is 0 Å². The van der Waals surface area contributed by atoms with Crippen molar-refractivity contribution in [2.75, 3.05) is 40.1 Å². The van der Waals surface area contributed by atoms with Crippen LogP contribution < -0.4 is 71.2 Å². The van der Waals surface area contributed by atoms with E-state index in [1.807, 2.05) is 60.7 Å². The maximum absolute atomic E-state index is 15.0. The number of primary amides is 1. The van der Waals surface area contributed by atoms with Crippen LogP contribution in [0.1, 0.15) is 83.0 Å². The topological polar surface area (TPSA) is 368 Å². The number of nitrogens with zero attached hydrogens (tertiary/aromatic N) is 1. The van der Waals surface area contributed by atoms with Crippen molar-refractivity contribution < 1.29 is 38.4 Å². The Bertz CT molecular complexity index is 3690. The summed E-state index contributed by atoms with van der Waals surface area (Å²) in [5.41, 5.74) is 44.9. The molecule has 7 aromatic carbocycles. The second kappa shape index (κ2) is 32.3. The molecule has 1 aliphatic rings. The average molecular weight is 1230 g/mol. The molecule has 5 unspecified atom stereocenters. The van der Waals surface area contributed by atoms with Crippen molar-refractivity contribution in [1.29, 1.82) is 0 Å². The summed E-state index contributed by atoms with van der Waals surface area (Å²) in [6.45, 7) is 0.692. The molecule has 18 N–H and O–H groups in total. The summed E-state index contributed by atoms with van der Waals surface area (Å²) >= 11 is 0. The Kier molecular flexibility index (Phi) is 23.4. The van der Waals surface area contributed by atoms with Gasteiger partial charge in [-0.3, -0.25) is 38.4 Å². The molecule has 0 saturated carbocycles. The van der Waals surface area contributed by atoms with Gasteiger partial charge in [0, 0.05) is 86.3 Å². The Morgan fingerprint density at radius 1 is 0.374 bits per heavy atom. The van der Waals surface area contributed by atoms with Crippen molar-refractivity contribution >= 4 is 93.5 Å². The summed E-state index contributed by atoms with van der Waals surface area (Å²) in [5.74, 6) is -4.72. The van der Waals surface area contributed by atoms with Gasteiger partial charge in [-0.15, -0.1) is 0 Å². The number of carbonyl (C=O) groups excluding carboxylic acids is 8. The standard InChI is InChI=1S/C70H79N13O8/c71-52-25-13-44(14-26-52)38-57(66(76)87)79-68(89)59(40-46-17-29-54(73)30-18-46)81-70(91)61(42-48-21-33-56(75)34-22-48)82-69(90)60(41-47-19-31-55(74)32-20-47)80-67(88)58(39-45-15-27-53(72)28-16-45)78-64(85)12-2-1-7-37-77-63(84)35-36-65(86)83-43-51-10-4-3-8-49(51)23-24-50-9-5-6-11-62(50)83/h3-6,8-11,13-34,57-61H,1-2,7,12,35-43,71-75H2,(H2,76,87)(H,77,84)(H,78,85)(H,79,89)(H,80,88)(H,81,91)(H,82,90)/b24-23-. The van der Waals surface area contributed by atoms with Crippen molar-refractivity contribution in [1.82, 2.24) is 31.9 Å². The lowest BCUT2D eigenvalue weighted by Crippen LogP contribution is -2.60. The van der Waals surface area contributed by atoms with Crippen molar-refractivity contribution in [3.05, 3.63) is 214 Å². The lowest BCUT2D eigenvalue weighted by molar-refractivity contribution is -0.135. The molecule has 0 saturated heterocycles. The number of fused-ring (bicyclic) bond motifs is 2. The minimum atomic E-state index is -1.39.